The van der Waals surface area contributed by atoms with Gasteiger partial charge in [0.05, 0.1) is 19.8 Å². The highest BCUT2D eigenvalue weighted by Gasteiger charge is 2.46. The summed E-state index contributed by atoms with van der Waals surface area (Å²) in [5.41, 5.74) is 1.51. The Hall–Kier alpha value is -3.67. The number of allylic oxidation sites excluding steroid dienone is 2. The van der Waals surface area contributed by atoms with Crippen molar-refractivity contribution in [3.63, 3.8) is 0 Å². The first-order chi connectivity index (χ1) is 14.7. The highest BCUT2D eigenvalue weighted by atomic mass is 16.5. The lowest BCUT2D eigenvalue weighted by atomic mass is 9.72. The molecule has 2 aromatic carbocycles. The summed E-state index contributed by atoms with van der Waals surface area (Å²) in [5, 5.41) is 19.4. The Morgan fingerprint density at radius 2 is 1.70 bits per heavy atom. The fourth-order valence-corrected chi connectivity index (χ4v) is 3.69. The highest BCUT2D eigenvalue weighted by Crippen LogP contribution is 2.44. The standard InChI is InChI=1S/C25H22N2O3/c1-2-30-24(28)25(23(22(15-26)16-27)20-11-7-4-8-12-20)14-13-21(17-29-18-25)19-9-5-3-6-10-19/h3-13H,2,14,17-18H2,1H3. The number of rotatable bonds is 5. The maximum Gasteiger partial charge on any atom is 0.319 e. The van der Waals surface area contributed by atoms with E-state index in [9.17, 15) is 15.3 Å². The van der Waals surface area contributed by atoms with E-state index >= 15 is 0 Å². The van der Waals surface area contributed by atoms with E-state index in [1.54, 1.807) is 19.1 Å². The smallest absolute Gasteiger partial charge is 0.319 e. The summed E-state index contributed by atoms with van der Waals surface area (Å²) in [6.45, 7) is 2.25. The second-order valence-electron chi connectivity index (χ2n) is 6.93. The number of nitriles is 2. The van der Waals surface area contributed by atoms with E-state index < -0.39 is 11.4 Å². The second kappa shape index (κ2) is 9.69. The lowest BCUT2D eigenvalue weighted by Crippen LogP contribution is -2.38. The molecule has 1 atom stereocenters. The maximum absolute atomic E-state index is 13.3. The summed E-state index contributed by atoms with van der Waals surface area (Å²) in [6.07, 6.45) is 2.21. The van der Waals surface area contributed by atoms with Gasteiger partial charge in [-0.05, 0) is 30.0 Å². The Morgan fingerprint density at radius 1 is 1.07 bits per heavy atom. The van der Waals surface area contributed by atoms with Gasteiger partial charge in [-0.2, -0.15) is 10.5 Å². The van der Waals surface area contributed by atoms with E-state index in [1.165, 1.54) is 0 Å². The molecule has 1 heterocycles. The average molecular weight is 398 g/mol. The molecule has 30 heavy (non-hydrogen) atoms. The Morgan fingerprint density at radius 3 is 2.30 bits per heavy atom. The molecular formula is C25H22N2O3. The number of nitrogens with zero attached hydrogens (tertiary/aromatic N) is 2. The van der Waals surface area contributed by atoms with Crippen LogP contribution in [0.3, 0.4) is 0 Å². The molecule has 0 radical (unpaired) electrons. The summed E-state index contributed by atoms with van der Waals surface area (Å²) >= 11 is 0. The molecule has 0 spiro atoms. The first-order valence-electron chi connectivity index (χ1n) is 9.76. The number of ether oxygens (including phenoxy) is 2. The van der Waals surface area contributed by atoms with Crippen LogP contribution in [-0.2, 0) is 14.3 Å². The quantitative estimate of drug-likeness (QED) is 0.545. The van der Waals surface area contributed by atoms with Crippen molar-refractivity contribution in [2.24, 2.45) is 5.41 Å². The Balaban J connectivity index is 2.20. The van der Waals surface area contributed by atoms with E-state index in [-0.39, 0.29) is 25.2 Å². The molecule has 150 valence electrons. The molecule has 5 nitrogen and oxygen atoms in total. The molecule has 0 N–H and O–H groups in total. The average Bonchev–Trinajstić information content (AvgIpc) is 3.02. The molecule has 0 bridgehead atoms. The summed E-state index contributed by atoms with van der Waals surface area (Å²) in [6, 6.07) is 22.8. The summed E-state index contributed by atoms with van der Waals surface area (Å²) in [5.74, 6) is -0.502. The van der Waals surface area contributed by atoms with Gasteiger partial charge in [-0.3, -0.25) is 4.79 Å². The minimum atomic E-state index is -1.30. The first-order valence-corrected chi connectivity index (χ1v) is 9.76. The molecular weight excluding hydrogens is 376 g/mol. The Bertz CT molecular complexity index is 1030. The van der Waals surface area contributed by atoms with Crippen molar-refractivity contribution in [2.75, 3.05) is 19.8 Å². The van der Waals surface area contributed by atoms with Crippen molar-refractivity contribution < 1.29 is 14.3 Å². The van der Waals surface area contributed by atoms with Crippen molar-refractivity contribution in [1.29, 1.82) is 10.5 Å². The van der Waals surface area contributed by atoms with Crippen LogP contribution in [0.1, 0.15) is 24.5 Å². The van der Waals surface area contributed by atoms with Crippen molar-refractivity contribution in [2.45, 2.75) is 13.3 Å². The molecule has 0 saturated carbocycles. The predicted molar refractivity (Wildman–Crippen MR) is 114 cm³/mol. The SMILES string of the molecule is CCOC(=O)C1(C(=C(C#N)C#N)c2ccccc2)CC=C(c2ccccc2)COC1. The minimum Gasteiger partial charge on any atom is -0.465 e. The molecule has 0 aliphatic carbocycles. The normalized spacial score (nSPS) is 18.2. The molecule has 0 aromatic heterocycles. The first kappa shape index (κ1) is 21.0. The number of hydrogen-bond acceptors (Lipinski definition) is 5. The van der Waals surface area contributed by atoms with Gasteiger partial charge in [0.1, 0.15) is 23.1 Å². The van der Waals surface area contributed by atoms with Crippen LogP contribution in [0.15, 0.2) is 72.3 Å². The van der Waals surface area contributed by atoms with E-state index in [4.69, 9.17) is 9.47 Å². The molecule has 1 aliphatic rings. The van der Waals surface area contributed by atoms with Gasteiger partial charge < -0.3 is 9.47 Å². The van der Waals surface area contributed by atoms with Crippen LogP contribution < -0.4 is 0 Å². The minimum absolute atomic E-state index is 0.00968. The number of carbonyl (C=O) groups excluding carboxylic acids is 1. The third kappa shape index (κ3) is 4.17. The molecule has 3 rings (SSSR count). The van der Waals surface area contributed by atoms with E-state index in [2.05, 4.69) is 0 Å². The van der Waals surface area contributed by atoms with Crippen LogP contribution in [0.5, 0.6) is 0 Å². The van der Waals surface area contributed by atoms with Crippen LogP contribution in [0.25, 0.3) is 11.1 Å². The summed E-state index contributed by atoms with van der Waals surface area (Å²) < 4.78 is 11.4. The van der Waals surface area contributed by atoms with Gasteiger partial charge in [0.25, 0.3) is 0 Å². The monoisotopic (exact) mass is 398 g/mol. The molecule has 0 saturated heterocycles. The predicted octanol–water partition coefficient (Wildman–Crippen LogP) is 4.54. The van der Waals surface area contributed by atoms with Crippen LogP contribution in [0.4, 0.5) is 0 Å². The van der Waals surface area contributed by atoms with Crippen LogP contribution >= 0.6 is 0 Å². The van der Waals surface area contributed by atoms with Gasteiger partial charge in [0, 0.05) is 5.57 Å². The largest absolute Gasteiger partial charge is 0.465 e. The lowest BCUT2D eigenvalue weighted by Gasteiger charge is -2.32. The van der Waals surface area contributed by atoms with Gasteiger partial charge in [-0.15, -0.1) is 0 Å². The summed E-state index contributed by atoms with van der Waals surface area (Å²) in [7, 11) is 0. The van der Waals surface area contributed by atoms with Crippen molar-refractivity contribution in [3.8, 4) is 12.1 Å². The topological polar surface area (TPSA) is 83.1 Å². The van der Waals surface area contributed by atoms with Crippen molar-refractivity contribution in [3.05, 3.63) is 83.4 Å². The van der Waals surface area contributed by atoms with E-state index in [1.807, 2.05) is 66.7 Å². The number of esters is 1. The molecule has 0 amide bonds. The Labute approximate surface area is 176 Å². The molecule has 1 unspecified atom stereocenters. The van der Waals surface area contributed by atoms with Crippen molar-refractivity contribution in [1.82, 2.24) is 0 Å². The lowest BCUT2D eigenvalue weighted by molar-refractivity contribution is -0.154. The third-order valence-electron chi connectivity index (χ3n) is 5.13. The van der Waals surface area contributed by atoms with Gasteiger partial charge >= 0.3 is 5.97 Å². The fraction of sp³-hybridized carbons (Fsp3) is 0.240. The summed E-state index contributed by atoms with van der Waals surface area (Å²) in [4.78, 5) is 13.3. The number of benzene rings is 2. The maximum atomic E-state index is 13.3. The molecule has 5 heteroatoms. The molecule has 0 fully saturated rings. The molecule has 2 aromatic rings. The highest BCUT2D eigenvalue weighted by molar-refractivity contribution is 5.97. The van der Waals surface area contributed by atoms with Crippen LogP contribution in [0.2, 0.25) is 0 Å². The number of carbonyl (C=O) groups is 1. The fourth-order valence-electron chi connectivity index (χ4n) is 3.69. The van der Waals surface area contributed by atoms with Crippen LogP contribution in [0, 0.1) is 28.1 Å². The van der Waals surface area contributed by atoms with Gasteiger partial charge in [0.15, 0.2) is 0 Å². The zero-order valence-electron chi connectivity index (χ0n) is 16.8. The van der Waals surface area contributed by atoms with Crippen LogP contribution in [-0.4, -0.2) is 25.8 Å². The van der Waals surface area contributed by atoms with Gasteiger partial charge in [0.2, 0.25) is 0 Å². The Kier molecular flexibility index (Phi) is 6.80. The third-order valence-corrected chi connectivity index (χ3v) is 5.13. The van der Waals surface area contributed by atoms with Crippen molar-refractivity contribution >= 4 is 17.1 Å². The van der Waals surface area contributed by atoms with E-state index in [0.717, 1.165) is 11.1 Å². The second-order valence-corrected chi connectivity index (χ2v) is 6.93. The zero-order valence-corrected chi connectivity index (χ0v) is 16.8. The molecule has 1 aliphatic heterocycles. The van der Waals surface area contributed by atoms with Gasteiger partial charge in [-0.1, -0.05) is 66.7 Å². The zero-order chi connectivity index (χ0) is 21.4. The van der Waals surface area contributed by atoms with Gasteiger partial charge in [-0.25, -0.2) is 0 Å². The van der Waals surface area contributed by atoms with E-state index in [0.29, 0.717) is 17.7 Å². The number of hydrogen-bond donors (Lipinski definition) is 0.